The summed E-state index contributed by atoms with van der Waals surface area (Å²) >= 11 is 0. The van der Waals surface area contributed by atoms with Gasteiger partial charge in [0.15, 0.2) is 5.82 Å². The second-order valence-electron chi connectivity index (χ2n) is 5.20. The molecular formula is C13H18N6O. The monoisotopic (exact) mass is 274 g/mol. The highest BCUT2D eigenvalue weighted by Gasteiger charge is 2.25. The number of nitrogen functional groups attached to an aromatic ring is 2. The molecule has 106 valence electrons. The Kier molecular flexibility index (Phi) is 3.27. The van der Waals surface area contributed by atoms with Crippen molar-refractivity contribution < 1.29 is 4.74 Å². The molecule has 1 aromatic carbocycles. The quantitative estimate of drug-likeness (QED) is 0.798. The smallest absolute Gasteiger partial charge is 0.182 e. The average molecular weight is 274 g/mol. The van der Waals surface area contributed by atoms with Gasteiger partial charge >= 0.3 is 0 Å². The van der Waals surface area contributed by atoms with Crippen molar-refractivity contribution in [2.24, 2.45) is 0 Å². The van der Waals surface area contributed by atoms with E-state index in [1.165, 1.54) is 0 Å². The van der Waals surface area contributed by atoms with Gasteiger partial charge in [-0.15, -0.1) is 5.10 Å². The van der Waals surface area contributed by atoms with Crippen LogP contribution in [0.2, 0.25) is 0 Å². The van der Waals surface area contributed by atoms with Crippen molar-refractivity contribution in [2.75, 3.05) is 18.1 Å². The maximum Gasteiger partial charge on any atom is 0.182 e. The first kappa shape index (κ1) is 12.9. The molecule has 1 aliphatic heterocycles. The van der Waals surface area contributed by atoms with Gasteiger partial charge in [-0.2, -0.15) is 0 Å². The van der Waals surface area contributed by atoms with Crippen molar-refractivity contribution >= 4 is 11.4 Å². The number of aromatic nitrogens is 4. The number of anilines is 2. The minimum atomic E-state index is 0.219. The Bertz CT molecular complexity index is 590. The van der Waals surface area contributed by atoms with Gasteiger partial charge in [0, 0.05) is 23.5 Å². The van der Waals surface area contributed by atoms with Gasteiger partial charge in [0.1, 0.15) is 0 Å². The number of rotatable bonds is 2. The summed E-state index contributed by atoms with van der Waals surface area (Å²) in [6, 6.07) is 5.63. The second-order valence-corrected chi connectivity index (χ2v) is 5.20. The lowest BCUT2D eigenvalue weighted by Gasteiger charge is -2.27. The fourth-order valence-electron chi connectivity index (χ4n) is 2.63. The molecule has 7 nitrogen and oxygen atoms in total. The SMILES string of the molecule is CC1CC(n2nnnc2-c2cc(N)cc(N)c2)CCO1. The highest BCUT2D eigenvalue weighted by Crippen LogP contribution is 2.29. The maximum atomic E-state index is 5.84. The van der Waals surface area contributed by atoms with E-state index in [0.717, 1.165) is 25.0 Å². The molecular weight excluding hydrogens is 256 g/mol. The number of hydrogen-bond acceptors (Lipinski definition) is 6. The Balaban J connectivity index is 1.97. The Hall–Kier alpha value is -2.15. The third kappa shape index (κ3) is 2.44. The Labute approximate surface area is 116 Å². The Morgan fingerprint density at radius 1 is 1.25 bits per heavy atom. The van der Waals surface area contributed by atoms with Crippen LogP contribution in [-0.4, -0.2) is 32.9 Å². The largest absolute Gasteiger partial charge is 0.399 e. The molecule has 2 unspecified atom stereocenters. The van der Waals surface area contributed by atoms with E-state index < -0.39 is 0 Å². The van der Waals surface area contributed by atoms with E-state index in [0.29, 0.717) is 17.2 Å². The van der Waals surface area contributed by atoms with E-state index in [1.54, 1.807) is 6.07 Å². The molecule has 2 heterocycles. The molecule has 0 aliphatic carbocycles. The van der Waals surface area contributed by atoms with Crippen LogP contribution in [0.1, 0.15) is 25.8 Å². The molecule has 4 N–H and O–H groups in total. The summed E-state index contributed by atoms with van der Waals surface area (Å²) in [4.78, 5) is 0. The minimum Gasteiger partial charge on any atom is -0.399 e. The normalized spacial score (nSPS) is 22.9. The summed E-state index contributed by atoms with van der Waals surface area (Å²) in [5, 5.41) is 12.0. The Morgan fingerprint density at radius 2 is 2.00 bits per heavy atom. The first-order valence-corrected chi connectivity index (χ1v) is 6.69. The molecule has 0 saturated carbocycles. The van der Waals surface area contributed by atoms with Gasteiger partial charge in [-0.05, 0) is 48.4 Å². The van der Waals surface area contributed by atoms with Crippen LogP contribution in [0.3, 0.4) is 0 Å². The van der Waals surface area contributed by atoms with Crippen molar-refractivity contribution in [3.8, 4) is 11.4 Å². The minimum absolute atomic E-state index is 0.219. The summed E-state index contributed by atoms with van der Waals surface area (Å²) in [5.41, 5.74) is 13.7. The van der Waals surface area contributed by atoms with E-state index in [4.69, 9.17) is 16.2 Å². The van der Waals surface area contributed by atoms with Gasteiger partial charge in [0.25, 0.3) is 0 Å². The number of nitrogens with two attached hydrogens (primary N) is 2. The van der Waals surface area contributed by atoms with Crippen LogP contribution < -0.4 is 11.5 Å². The molecule has 2 atom stereocenters. The lowest BCUT2D eigenvalue weighted by molar-refractivity contribution is 0.00350. The van der Waals surface area contributed by atoms with E-state index in [-0.39, 0.29) is 12.1 Å². The van der Waals surface area contributed by atoms with Crippen molar-refractivity contribution in [3.05, 3.63) is 18.2 Å². The van der Waals surface area contributed by atoms with Gasteiger partial charge in [0.2, 0.25) is 0 Å². The molecule has 1 aliphatic rings. The number of tetrazole rings is 1. The fraction of sp³-hybridized carbons (Fsp3) is 0.462. The van der Waals surface area contributed by atoms with Gasteiger partial charge in [-0.3, -0.25) is 0 Å². The molecule has 0 spiro atoms. The van der Waals surface area contributed by atoms with Crippen LogP contribution in [0.4, 0.5) is 11.4 Å². The second kappa shape index (κ2) is 5.09. The third-order valence-electron chi connectivity index (χ3n) is 3.53. The summed E-state index contributed by atoms with van der Waals surface area (Å²) < 4.78 is 7.42. The van der Waals surface area contributed by atoms with Crippen LogP contribution in [-0.2, 0) is 4.74 Å². The van der Waals surface area contributed by atoms with Crippen molar-refractivity contribution in [1.82, 2.24) is 20.2 Å². The summed E-state index contributed by atoms with van der Waals surface area (Å²) in [7, 11) is 0. The van der Waals surface area contributed by atoms with E-state index >= 15 is 0 Å². The highest BCUT2D eigenvalue weighted by atomic mass is 16.5. The van der Waals surface area contributed by atoms with Crippen molar-refractivity contribution in [3.63, 3.8) is 0 Å². The van der Waals surface area contributed by atoms with E-state index in [1.807, 2.05) is 16.8 Å². The Morgan fingerprint density at radius 3 is 2.70 bits per heavy atom. The van der Waals surface area contributed by atoms with Gasteiger partial charge in [-0.25, -0.2) is 4.68 Å². The molecule has 3 rings (SSSR count). The average Bonchev–Trinajstić information content (AvgIpc) is 2.86. The lowest BCUT2D eigenvalue weighted by atomic mass is 10.0. The highest BCUT2D eigenvalue weighted by molar-refractivity contribution is 5.67. The molecule has 0 amide bonds. The zero-order valence-corrected chi connectivity index (χ0v) is 11.4. The van der Waals surface area contributed by atoms with Crippen LogP contribution in [0.25, 0.3) is 11.4 Å². The number of benzene rings is 1. The summed E-state index contributed by atoms with van der Waals surface area (Å²) in [5.74, 6) is 0.697. The van der Waals surface area contributed by atoms with E-state index in [2.05, 4.69) is 22.4 Å². The molecule has 20 heavy (non-hydrogen) atoms. The predicted molar refractivity (Wildman–Crippen MR) is 75.8 cm³/mol. The molecule has 7 heteroatoms. The number of hydrogen-bond donors (Lipinski definition) is 2. The number of ether oxygens (including phenoxy) is 1. The first-order valence-electron chi connectivity index (χ1n) is 6.69. The third-order valence-corrected chi connectivity index (χ3v) is 3.53. The van der Waals surface area contributed by atoms with Crippen LogP contribution in [0.15, 0.2) is 18.2 Å². The van der Waals surface area contributed by atoms with Gasteiger partial charge in [-0.1, -0.05) is 0 Å². The van der Waals surface area contributed by atoms with Gasteiger partial charge < -0.3 is 16.2 Å². The molecule has 0 radical (unpaired) electrons. The number of nitrogens with zero attached hydrogens (tertiary/aromatic N) is 4. The van der Waals surface area contributed by atoms with Crippen LogP contribution in [0.5, 0.6) is 0 Å². The topological polar surface area (TPSA) is 105 Å². The molecule has 1 aromatic heterocycles. The molecule has 1 saturated heterocycles. The van der Waals surface area contributed by atoms with Gasteiger partial charge in [0.05, 0.1) is 12.1 Å². The lowest BCUT2D eigenvalue weighted by Crippen LogP contribution is -2.26. The molecule has 1 fully saturated rings. The van der Waals surface area contributed by atoms with Crippen LogP contribution in [0, 0.1) is 0 Å². The maximum absolute atomic E-state index is 5.84. The first-order chi connectivity index (χ1) is 9.63. The van der Waals surface area contributed by atoms with Crippen molar-refractivity contribution in [1.29, 1.82) is 0 Å². The van der Waals surface area contributed by atoms with Crippen molar-refractivity contribution in [2.45, 2.75) is 31.9 Å². The zero-order chi connectivity index (χ0) is 14.1. The standard InChI is InChI=1S/C13H18N6O/c1-8-4-12(2-3-20-8)19-13(16-17-18-19)9-5-10(14)7-11(15)6-9/h5-8,12H,2-4,14-15H2,1H3. The zero-order valence-electron chi connectivity index (χ0n) is 11.4. The summed E-state index contributed by atoms with van der Waals surface area (Å²) in [6.07, 6.45) is 2.02. The van der Waals surface area contributed by atoms with E-state index in [9.17, 15) is 0 Å². The predicted octanol–water partition coefficient (Wildman–Crippen LogP) is 1.24. The fourth-order valence-corrected chi connectivity index (χ4v) is 2.63. The molecule has 0 bridgehead atoms. The molecule has 2 aromatic rings. The summed E-state index contributed by atoms with van der Waals surface area (Å²) in [6.45, 7) is 2.79. The van der Waals surface area contributed by atoms with Crippen LogP contribution >= 0.6 is 0 Å².